The third-order valence-corrected chi connectivity index (χ3v) is 8.12. The van der Waals surface area contributed by atoms with Crippen molar-refractivity contribution in [1.82, 2.24) is 0 Å². The Balaban J connectivity index is 1.42. The van der Waals surface area contributed by atoms with Crippen LogP contribution in [-0.2, 0) is 0 Å². The minimum atomic E-state index is 1.14. The Labute approximate surface area is 232 Å². The molecule has 2 nitrogen and oxygen atoms in total. The van der Waals surface area contributed by atoms with E-state index in [0.29, 0.717) is 0 Å². The Morgan fingerprint density at radius 2 is 0.718 bits per heavy atom. The van der Waals surface area contributed by atoms with Gasteiger partial charge in [0.15, 0.2) is 0 Å². The van der Waals surface area contributed by atoms with Crippen LogP contribution in [0, 0.1) is 0 Å². The Bertz CT molecular complexity index is 1730. The Morgan fingerprint density at radius 1 is 0.333 bits per heavy atom. The topological polar surface area (TPSA) is 6.48 Å². The summed E-state index contributed by atoms with van der Waals surface area (Å²) >= 11 is 1.80. The highest BCUT2D eigenvalue weighted by Crippen LogP contribution is 2.47. The molecule has 186 valence electrons. The quantitative estimate of drug-likeness (QED) is 0.216. The van der Waals surface area contributed by atoms with Crippen molar-refractivity contribution in [2.24, 2.45) is 0 Å². The molecule has 0 spiro atoms. The smallest absolute Gasteiger partial charge is 0.102 e. The number of fused-ring (bicyclic) bond motifs is 2. The molecule has 0 aliphatic rings. The Morgan fingerprint density at radius 3 is 1.18 bits per heavy atom. The van der Waals surface area contributed by atoms with Crippen LogP contribution in [0.5, 0.6) is 0 Å². The number of para-hydroxylation sites is 2. The standard InChI is InChI=1S/C36H26N2S/c1-3-17-29(18-4-1)37(33-23-11-15-27-13-7-9-21-31(27)33)35-25-26-36(39-35)38(30-19-5-2-6-20-30)34-24-12-16-28-14-8-10-22-32(28)34/h1-26H. The molecule has 1 aromatic heterocycles. The summed E-state index contributed by atoms with van der Waals surface area (Å²) in [5.74, 6) is 0. The van der Waals surface area contributed by atoms with Gasteiger partial charge in [-0.2, -0.15) is 0 Å². The molecule has 0 saturated heterocycles. The van der Waals surface area contributed by atoms with Crippen molar-refractivity contribution in [3.05, 3.63) is 158 Å². The summed E-state index contributed by atoms with van der Waals surface area (Å²) in [6.45, 7) is 0. The lowest BCUT2D eigenvalue weighted by Crippen LogP contribution is -2.09. The molecule has 39 heavy (non-hydrogen) atoms. The lowest BCUT2D eigenvalue weighted by atomic mass is 10.1. The number of benzene rings is 6. The van der Waals surface area contributed by atoms with Gasteiger partial charge in [-0.05, 0) is 59.3 Å². The summed E-state index contributed by atoms with van der Waals surface area (Å²) in [6.07, 6.45) is 0. The molecular weight excluding hydrogens is 492 g/mol. The second kappa shape index (κ2) is 10.1. The zero-order valence-electron chi connectivity index (χ0n) is 21.3. The van der Waals surface area contributed by atoms with Crippen LogP contribution < -0.4 is 9.80 Å². The molecule has 6 aromatic carbocycles. The lowest BCUT2D eigenvalue weighted by molar-refractivity contribution is 1.33. The van der Waals surface area contributed by atoms with Gasteiger partial charge >= 0.3 is 0 Å². The van der Waals surface area contributed by atoms with Gasteiger partial charge in [0.05, 0.1) is 11.4 Å². The normalized spacial score (nSPS) is 11.1. The van der Waals surface area contributed by atoms with Gasteiger partial charge in [-0.15, -0.1) is 0 Å². The molecule has 0 atom stereocenters. The minimum absolute atomic E-state index is 1.14. The van der Waals surface area contributed by atoms with E-state index in [1.54, 1.807) is 11.3 Å². The summed E-state index contributed by atoms with van der Waals surface area (Å²) in [6, 6.07) is 56.1. The molecule has 7 aromatic rings. The van der Waals surface area contributed by atoms with Crippen molar-refractivity contribution < 1.29 is 0 Å². The van der Waals surface area contributed by atoms with Crippen LogP contribution in [-0.4, -0.2) is 0 Å². The maximum absolute atomic E-state index is 2.38. The highest BCUT2D eigenvalue weighted by Gasteiger charge is 2.21. The fourth-order valence-electron chi connectivity index (χ4n) is 5.29. The second-order valence-electron chi connectivity index (χ2n) is 9.45. The molecule has 1 heterocycles. The fraction of sp³-hybridized carbons (Fsp3) is 0. The largest absolute Gasteiger partial charge is 0.301 e. The first-order chi connectivity index (χ1) is 19.4. The van der Waals surface area contributed by atoms with Crippen LogP contribution in [0.15, 0.2) is 158 Å². The van der Waals surface area contributed by atoms with E-state index >= 15 is 0 Å². The van der Waals surface area contributed by atoms with Gasteiger partial charge in [0.25, 0.3) is 0 Å². The maximum Gasteiger partial charge on any atom is 0.102 e. The van der Waals surface area contributed by atoms with Gasteiger partial charge in [-0.25, -0.2) is 0 Å². The van der Waals surface area contributed by atoms with Crippen molar-refractivity contribution in [3.63, 3.8) is 0 Å². The van der Waals surface area contributed by atoms with Crippen LogP contribution in [0.1, 0.15) is 0 Å². The van der Waals surface area contributed by atoms with Crippen molar-refractivity contribution in [2.45, 2.75) is 0 Å². The van der Waals surface area contributed by atoms with Gasteiger partial charge in [-0.3, -0.25) is 0 Å². The van der Waals surface area contributed by atoms with Gasteiger partial charge in [0.2, 0.25) is 0 Å². The van der Waals surface area contributed by atoms with Crippen LogP contribution in [0.2, 0.25) is 0 Å². The van der Waals surface area contributed by atoms with Gasteiger partial charge in [-0.1, -0.05) is 121 Å². The molecule has 0 bridgehead atoms. The molecule has 0 aliphatic carbocycles. The zero-order valence-corrected chi connectivity index (χ0v) is 22.1. The van der Waals surface area contributed by atoms with Crippen molar-refractivity contribution >= 4 is 65.6 Å². The van der Waals surface area contributed by atoms with Crippen molar-refractivity contribution in [3.8, 4) is 0 Å². The molecule has 0 radical (unpaired) electrons. The van der Waals surface area contributed by atoms with E-state index in [0.717, 1.165) is 21.4 Å². The van der Waals surface area contributed by atoms with E-state index in [4.69, 9.17) is 0 Å². The van der Waals surface area contributed by atoms with Gasteiger partial charge < -0.3 is 9.80 Å². The molecule has 0 saturated carbocycles. The number of hydrogen-bond acceptors (Lipinski definition) is 3. The molecular formula is C36H26N2S. The zero-order chi connectivity index (χ0) is 26.0. The minimum Gasteiger partial charge on any atom is -0.301 e. The summed E-state index contributed by atoms with van der Waals surface area (Å²) in [5.41, 5.74) is 4.62. The lowest BCUT2D eigenvalue weighted by Gasteiger charge is -2.27. The van der Waals surface area contributed by atoms with Gasteiger partial charge in [0, 0.05) is 22.1 Å². The van der Waals surface area contributed by atoms with E-state index in [9.17, 15) is 0 Å². The van der Waals surface area contributed by atoms with E-state index in [1.165, 1.54) is 32.9 Å². The van der Waals surface area contributed by atoms with E-state index in [1.807, 2.05) is 0 Å². The predicted octanol–water partition coefficient (Wildman–Crippen LogP) is 11.0. The SMILES string of the molecule is c1ccc(N(c2ccc(N(c3ccccc3)c3cccc4ccccc34)s2)c2cccc3ccccc23)cc1. The average molecular weight is 519 g/mol. The van der Waals surface area contributed by atoms with E-state index in [2.05, 4.69) is 168 Å². The first kappa shape index (κ1) is 23.3. The van der Waals surface area contributed by atoms with Crippen LogP contribution in [0.3, 0.4) is 0 Å². The van der Waals surface area contributed by atoms with Crippen LogP contribution in [0.25, 0.3) is 21.5 Å². The number of hydrogen-bond donors (Lipinski definition) is 0. The Hall–Kier alpha value is -4.86. The van der Waals surface area contributed by atoms with Crippen LogP contribution in [0.4, 0.5) is 32.8 Å². The molecule has 0 N–H and O–H groups in total. The molecule has 0 unspecified atom stereocenters. The third kappa shape index (κ3) is 4.33. The molecule has 0 aliphatic heterocycles. The third-order valence-electron chi connectivity index (χ3n) is 7.06. The predicted molar refractivity (Wildman–Crippen MR) is 169 cm³/mol. The number of thiophene rings is 1. The maximum atomic E-state index is 2.38. The van der Waals surface area contributed by atoms with E-state index < -0.39 is 0 Å². The first-order valence-corrected chi connectivity index (χ1v) is 13.9. The molecule has 0 fully saturated rings. The fourth-order valence-corrected chi connectivity index (χ4v) is 6.37. The summed E-state index contributed by atoms with van der Waals surface area (Å²) in [4.78, 5) is 4.76. The molecule has 0 amide bonds. The number of nitrogens with zero attached hydrogens (tertiary/aromatic N) is 2. The number of rotatable bonds is 6. The highest BCUT2D eigenvalue weighted by molar-refractivity contribution is 7.20. The average Bonchev–Trinajstić information content (AvgIpc) is 3.48. The Kier molecular flexibility index (Phi) is 6.04. The summed E-state index contributed by atoms with van der Waals surface area (Å²) in [5, 5.41) is 7.24. The van der Waals surface area contributed by atoms with Crippen LogP contribution >= 0.6 is 11.3 Å². The summed E-state index contributed by atoms with van der Waals surface area (Å²) in [7, 11) is 0. The molecule has 3 heteroatoms. The first-order valence-electron chi connectivity index (χ1n) is 13.1. The second-order valence-corrected chi connectivity index (χ2v) is 10.5. The van der Waals surface area contributed by atoms with E-state index in [-0.39, 0.29) is 0 Å². The van der Waals surface area contributed by atoms with Crippen molar-refractivity contribution in [2.75, 3.05) is 9.80 Å². The molecule has 7 rings (SSSR count). The summed E-state index contributed by atoms with van der Waals surface area (Å²) < 4.78 is 0. The monoisotopic (exact) mass is 518 g/mol. The van der Waals surface area contributed by atoms with Gasteiger partial charge in [0.1, 0.15) is 10.0 Å². The number of anilines is 6. The highest BCUT2D eigenvalue weighted by atomic mass is 32.1. The van der Waals surface area contributed by atoms with Crippen molar-refractivity contribution in [1.29, 1.82) is 0 Å².